The van der Waals surface area contributed by atoms with E-state index < -0.39 is 0 Å². The number of nitrogens with zero attached hydrogens (tertiary/aromatic N) is 2. The first kappa shape index (κ1) is 13.4. The van der Waals surface area contributed by atoms with E-state index in [4.69, 9.17) is 4.74 Å². The van der Waals surface area contributed by atoms with E-state index in [9.17, 15) is 0 Å². The molecule has 21 heavy (non-hydrogen) atoms. The molecule has 0 radical (unpaired) electrons. The summed E-state index contributed by atoms with van der Waals surface area (Å²) in [7, 11) is 0. The molecule has 0 spiro atoms. The molecule has 1 aromatic carbocycles. The number of H-pyrrole nitrogens is 1. The largest absolute Gasteiger partial charge is 0.494 e. The van der Waals surface area contributed by atoms with E-state index in [0.717, 1.165) is 29.1 Å². The molecule has 106 valence electrons. The first-order chi connectivity index (χ1) is 10.3. The van der Waals surface area contributed by atoms with Crippen molar-refractivity contribution in [2.75, 3.05) is 6.61 Å². The van der Waals surface area contributed by atoms with Gasteiger partial charge in [-0.1, -0.05) is 12.1 Å². The van der Waals surface area contributed by atoms with E-state index in [1.54, 1.807) is 12.4 Å². The Bertz CT molecular complexity index is 690. The van der Waals surface area contributed by atoms with Gasteiger partial charge in [0.25, 0.3) is 0 Å². The van der Waals surface area contributed by atoms with Crippen LogP contribution in [0.5, 0.6) is 5.75 Å². The molecule has 0 unspecified atom stereocenters. The van der Waals surface area contributed by atoms with Crippen molar-refractivity contribution in [1.82, 2.24) is 15.2 Å². The molecule has 3 rings (SSSR count). The summed E-state index contributed by atoms with van der Waals surface area (Å²) in [6.07, 6.45) is 4.37. The van der Waals surface area contributed by atoms with Gasteiger partial charge >= 0.3 is 0 Å². The molecule has 0 saturated carbocycles. The summed E-state index contributed by atoms with van der Waals surface area (Å²) in [6.45, 7) is 2.67. The average molecular weight is 279 g/mol. The lowest BCUT2D eigenvalue weighted by Crippen LogP contribution is -1.92. The summed E-state index contributed by atoms with van der Waals surface area (Å²) in [5.74, 6) is 0.906. The van der Waals surface area contributed by atoms with E-state index in [1.807, 2.05) is 31.2 Å². The molecule has 0 saturated heterocycles. The molecule has 4 nitrogen and oxygen atoms in total. The van der Waals surface area contributed by atoms with Crippen molar-refractivity contribution in [3.05, 3.63) is 66.1 Å². The van der Waals surface area contributed by atoms with Crippen molar-refractivity contribution in [3.63, 3.8) is 0 Å². The standard InChI is InChI=1S/C17H17N3O/c1-2-21-16-5-3-13(4-6-16)11-15-12-17(20-19-15)14-7-9-18-10-8-14/h3-10,12H,2,11H2,1H3,(H,19,20). The van der Waals surface area contributed by atoms with Crippen LogP contribution in [-0.2, 0) is 6.42 Å². The Kier molecular flexibility index (Phi) is 3.96. The minimum absolute atomic E-state index is 0.690. The average Bonchev–Trinajstić information content (AvgIpc) is 2.99. The van der Waals surface area contributed by atoms with Crippen LogP contribution in [0, 0.1) is 0 Å². The number of rotatable bonds is 5. The van der Waals surface area contributed by atoms with Crippen LogP contribution >= 0.6 is 0 Å². The Labute approximate surface area is 123 Å². The number of hydrogen-bond acceptors (Lipinski definition) is 3. The molecule has 0 bridgehead atoms. The summed E-state index contributed by atoms with van der Waals surface area (Å²) in [6, 6.07) is 14.1. The Balaban J connectivity index is 1.72. The van der Waals surface area contributed by atoms with Crippen molar-refractivity contribution in [3.8, 4) is 17.0 Å². The van der Waals surface area contributed by atoms with Crippen LogP contribution in [0.2, 0.25) is 0 Å². The van der Waals surface area contributed by atoms with Gasteiger partial charge in [0.05, 0.1) is 12.3 Å². The van der Waals surface area contributed by atoms with Crippen LogP contribution < -0.4 is 4.74 Å². The maximum absolute atomic E-state index is 5.45. The van der Waals surface area contributed by atoms with Crippen LogP contribution in [0.3, 0.4) is 0 Å². The van der Waals surface area contributed by atoms with Crippen LogP contribution in [0.4, 0.5) is 0 Å². The number of aromatic amines is 1. The summed E-state index contributed by atoms with van der Waals surface area (Å²) in [5.41, 5.74) is 4.33. The van der Waals surface area contributed by atoms with Gasteiger partial charge in [0.15, 0.2) is 0 Å². The van der Waals surface area contributed by atoms with Crippen LogP contribution in [0.1, 0.15) is 18.2 Å². The zero-order valence-electron chi connectivity index (χ0n) is 11.9. The SMILES string of the molecule is CCOc1ccc(Cc2cc(-c3ccncc3)n[nH]2)cc1. The molecule has 2 heterocycles. The van der Waals surface area contributed by atoms with E-state index in [-0.39, 0.29) is 0 Å². The Morgan fingerprint density at radius 2 is 1.81 bits per heavy atom. The van der Waals surface area contributed by atoms with Gasteiger partial charge in [-0.3, -0.25) is 10.1 Å². The van der Waals surface area contributed by atoms with Gasteiger partial charge < -0.3 is 4.74 Å². The normalized spacial score (nSPS) is 10.5. The Morgan fingerprint density at radius 3 is 2.52 bits per heavy atom. The topological polar surface area (TPSA) is 50.8 Å². The second kappa shape index (κ2) is 6.22. The number of aromatic nitrogens is 3. The summed E-state index contributed by atoms with van der Waals surface area (Å²) >= 11 is 0. The first-order valence-corrected chi connectivity index (χ1v) is 7.01. The van der Waals surface area contributed by atoms with Gasteiger partial charge in [-0.2, -0.15) is 5.10 Å². The fourth-order valence-electron chi connectivity index (χ4n) is 2.21. The molecule has 0 aliphatic carbocycles. The van der Waals surface area contributed by atoms with Crippen molar-refractivity contribution in [2.24, 2.45) is 0 Å². The van der Waals surface area contributed by atoms with Crippen molar-refractivity contribution >= 4 is 0 Å². The minimum atomic E-state index is 0.690. The number of benzene rings is 1. The second-order valence-electron chi connectivity index (χ2n) is 4.77. The van der Waals surface area contributed by atoms with Crippen molar-refractivity contribution in [2.45, 2.75) is 13.3 Å². The second-order valence-corrected chi connectivity index (χ2v) is 4.77. The summed E-state index contributed by atoms with van der Waals surface area (Å²) in [5, 5.41) is 7.44. The lowest BCUT2D eigenvalue weighted by atomic mass is 10.1. The van der Waals surface area contributed by atoms with Gasteiger partial charge in [0.2, 0.25) is 0 Å². The molecular weight excluding hydrogens is 262 g/mol. The third-order valence-electron chi connectivity index (χ3n) is 3.24. The van der Waals surface area contributed by atoms with Crippen molar-refractivity contribution < 1.29 is 4.74 Å². The molecule has 1 N–H and O–H groups in total. The Morgan fingerprint density at radius 1 is 1.05 bits per heavy atom. The molecule has 0 atom stereocenters. The van der Waals surface area contributed by atoms with Crippen molar-refractivity contribution in [1.29, 1.82) is 0 Å². The highest BCUT2D eigenvalue weighted by atomic mass is 16.5. The van der Waals surface area contributed by atoms with E-state index in [1.165, 1.54) is 5.56 Å². The smallest absolute Gasteiger partial charge is 0.119 e. The molecule has 2 aromatic heterocycles. The highest BCUT2D eigenvalue weighted by molar-refractivity contribution is 5.58. The van der Waals surface area contributed by atoms with Crippen LogP contribution in [0.15, 0.2) is 54.9 Å². The quantitative estimate of drug-likeness (QED) is 0.778. The molecule has 0 aliphatic rings. The predicted octanol–water partition coefficient (Wildman–Crippen LogP) is 3.46. The monoisotopic (exact) mass is 279 g/mol. The van der Waals surface area contributed by atoms with Gasteiger partial charge in [0, 0.05) is 30.1 Å². The third-order valence-corrected chi connectivity index (χ3v) is 3.24. The fourth-order valence-corrected chi connectivity index (χ4v) is 2.21. The van der Waals surface area contributed by atoms with Gasteiger partial charge in [-0.15, -0.1) is 0 Å². The molecule has 4 heteroatoms. The highest BCUT2D eigenvalue weighted by Crippen LogP contribution is 2.19. The van der Waals surface area contributed by atoms with Gasteiger partial charge in [0.1, 0.15) is 5.75 Å². The fraction of sp³-hybridized carbons (Fsp3) is 0.176. The molecular formula is C17H17N3O. The van der Waals surface area contributed by atoms with E-state index in [0.29, 0.717) is 6.61 Å². The molecule has 3 aromatic rings. The van der Waals surface area contributed by atoms with Crippen LogP contribution in [0.25, 0.3) is 11.3 Å². The Hall–Kier alpha value is -2.62. The van der Waals surface area contributed by atoms with Gasteiger partial charge in [-0.25, -0.2) is 0 Å². The lowest BCUT2D eigenvalue weighted by Gasteiger charge is -2.03. The van der Waals surface area contributed by atoms with Crippen LogP contribution in [-0.4, -0.2) is 21.8 Å². The zero-order chi connectivity index (χ0) is 14.5. The number of nitrogens with one attached hydrogen (secondary N) is 1. The summed E-state index contributed by atoms with van der Waals surface area (Å²) in [4.78, 5) is 4.02. The number of pyridine rings is 1. The molecule has 0 fully saturated rings. The summed E-state index contributed by atoms with van der Waals surface area (Å²) < 4.78 is 5.45. The minimum Gasteiger partial charge on any atom is -0.494 e. The van der Waals surface area contributed by atoms with E-state index in [2.05, 4.69) is 33.4 Å². The maximum atomic E-state index is 5.45. The predicted molar refractivity (Wildman–Crippen MR) is 82.2 cm³/mol. The number of hydrogen-bond donors (Lipinski definition) is 1. The first-order valence-electron chi connectivity index (χ1n) is 7.01. The highest BCUT2D eigenvalue weighted by Gasteiger charge is 2.04. The lowest BCUT2D eigenvalue weighted by molar-refractivity contribution is 0.340. The molecule has 0 aliphatic heterocycles. The molecule has 0 amide bonds. The van der Waals surface area contributed by atoms with E-state index >= 15 is 0 Å². The van der Waals surface area contributed by atoms with Gasteiger partial charge in [-0.05, 0) is 42.8 Å². The third kappa shape index (κ3) is 3.28. The maximum Gasteiger partial charge on any atom is 0.119 e. The number of ether oxygens (including phenoxy) is 1. The zero-order valence-corrected chi connectivity index (χ0v) is 11.9.